The predicted octanol–water partition coefficient (Wildman–Crippen LogP) is 2.14. The van der Waals surface area contributed by atoms with Gasteiger partial charge in [0, 0.05) is 18.8 Å². The number of carbonyl (C=O) groups is 2. The van der Waals surface area contributed by atoms with Crippen molar-refractivity contribution in [3.63, 3.8) is 0 Å². The molecule has 0 aromatic heterocycles. The second kappa shape index (κ2) is 6.89. The summed E-state index contributed by atoms with van der Waals surface area (Å²) in [6.07, 6.45) is 4.72. The minimum absolute atomic E-state index is 0.0710. The minimum atomic E-state index is -1.39. The number of ketones is 1. The van der Waals surface area contributed by atoms with Crippen LogP contribution in [0.3, 0.4) is 0 Å². The number of carbonyl (C=O) groups excluding carboxylic acids is 2. The smallest absolute Gasteiger partial charge is 0.302 e. The van der Waals surface area contributed by atoms with E-state index in [4.69, 9.17) is 4.74 Å². The molecular formula is C23H34O6. The number of ether oxygens (including phenoxy) is 1. The highest BCUT2D eigenvalue weighted by molar-refractivity contribution is 5.91. The van der Waals surface area contributed by atoms with Gasteiger partial charge < -0.3 is 20.1 Å². The average molecular weight is 407 g/mol. The van der Waals surface area contributed by atoms with E-state index >= 15 is 0 Å². The molecule has 0 amide bonds. The Hall–Kier alpha value is -1.24. The molecule has 8 atom stereocenters. The van der Waals surface area contributed by atoms with Gasteiger partial charge in [0.2, 0.25) is 0 Å². The Morgan fingerprint density at radius 3 is 2.69 bits per heavy atom. The molecule has 4 aliphatic rings. The van der Waals surface area contributed by atoms with Gasteiger partial charge in [0.15, 0.2) is 5.78 Å². The number of fused-ring (bicyclic) bond motifs is 5. The van der Waals surface area contributed by atoms with Crippen molar-refractivity contribution in [1.29, 1.82) is 0 Å². The topological polar surface area (TPSA) is 104 Å². The first-order valence-electron chi connectivity index (χ1n) is 11.0. The average Bonchev–Trinajstić information content (AvgIpc) is 2.91. The lowest BCUT2D eigenvalue weighted by atomic mass is 9.45. The Morgan fingerprint density at radius 1 is 1.28 bits per heavy atom. The van der Waals surface area contributed by atoms with E-state index in [9.17, 15) is 24.9 Å². The summed E-state index contributed by atoms with van der Waals surface area (Å²) in [6.45, 7) is 5.24. The number of aliphatic hydroxyl groups is 3. The molecule has 0 aromatic rings. The van der Waals surface area contributed by atoms with E-state index < -0.39 is 29.2 Å². The van der Waals surface area contributed by atoms with E-state index in [0.29, 0.717) is 19.3 Å². The summed E-state index contributed by atoms with van der Waals surface area (Å²) in [5.74, 6) is 0.205. The lowest BCUT2D eigenvalue weighted by molar-refractivity contribution is -0.210. The van der Waals surface area contributed by atoms with Crippen LogP contribution in [0.2, 0.25) is 0 Å². The van der Waals surface area contributed by atoms with Crippen LogP contribution in [0.25, 0.3) is 0 Å². The summed E-state index contributed by atoms with van der Waals surface area (Å²) < 4.78 is 4.99. The zero-order chi connectivity index (χ0) is 21.2. The maximum atomic E-state index is 12.0. The fourth-order valence-electron chi connectivity index (χ4n) is 7.61. The molecule has 0 unspecified atom stereocenters. The first kappa shape index (κ1) is 21.0. The van der Waals surface area contributed by atoms with E-state index in [0.717, 1.165) is 25.7 Å². The predicted molar refractivity (Wildman–Crippen MR) is 106 cm³/mol. The quantitative estimate of drug-likeness (QED) is 0.621. The van der Waals surface area contributed by atoms with Crippen LogP contribution in [0.5, 0.6) is 0 Å². The summed E-state index contributed by atoms with van der Waals surface area (Å²) in [5, 5.41) is 33.6. The molecule has 0 heterocycles. The van der Waals surface area contributed by atoms with Crippen LogP contribution in [-0.2, 0) is 14.3 Å². The summed E-state index contributed by atoms with van der Waals surface area (Å²) in [4.78, 5) is 23.1. The third-order valence-electron chi connectivity index (χ3n) is 9.11. The van der Waals surface area contributed by atoms with Crippen LogP contribution in [0.1, 0.15) is 65.7 Å². The number of rotatable bonds is 3. The molecule has 4 aliphatic carbocycles. The van der Waals surface area contributed by atoms with Gasteiger partial charge in [-0.2, -0.15) is 0 Å². The van der Waals surface area contributed by atoms with Crippen molar-refractivity contribution in [3.05, 3.63) is 11.6 Å². The maximum absolute atomic E-state index is 12.0. The molecule has 4 rings (SSSR count). The molecule has 3 fully saturated rings. The molecule has 0 bridgehead atoms. The number of hydrogen-bond donors (Lipinski definition) is 3. The lowest BCUT2D eigenvalue weighted by Gasteiger charge is -2.61. The van der Waals surface area contributed by atoms with Gasteiger partial charge in [-0.1, -0.05) is 19.4 Å². The maximum Gasteiger partial charge on any atom is 0.302 e. The van der Waals surface area contributed by atoms with Crippen LogP contribution in [0.4, 0.5) is 0 Å². The lowest BCUT2D eigenvalue weighted by Crippen LogP contribution is -2.63. The highest BCUT2D eigenvalue weighted by atomic mass is 16.5. The number of allylic oxidation sites excluding steroid dienone is 1. The zero-order valence-corrected chi connectivity index (χ0v) is 17.7. The van der Waals surface area contributed by atoms with Crippen molar-refractivity contribution < 1.29 is 29.6 Å². The summed E-state index contributed by atoms with van der Waals surface area (Å²) in [5.41, 5.74) is -1.02. The van der Waals surface area contributed by atoms with Crippen LogP contribution in [0, 0.1) is 28.6 Å². The Labute approximate surface area is 172 Å². The first-order valence-corrected chi connectivity index (χ1v) is 11.0. The van der Waals surface area contributed by atoms with Crippen LogP contribution >= 0.6 is 0 Å². The molecule has 3 saturated carbocycles. The molecule has 0 saturated heterocycles. The molecule has 0 radical (unpaired) electrons. The third kappa shape index (κ3) is 2.94. The molecule has 6 heteroatoms. The van der Waals surface area contributed by atoms with Crippen LogP contribution < -0.4 is 0 Å². The molecule has 0 spiro atoms. The van der Waals surface area contributed by atoms with E-state index in [1.165, 1.54) is 12.5 Å². The van der Waals surface area contributed by atoms with E-state index in [2.05, 4.69) is 6.92 Å². The second-order valence-corrected chi connectivity index (χ2v) is 10.4. The standard InChI is InChI=1S/C23H34O6/c1-13(24)29-12-19(27)23(28)9-7-17-16-5-4-14-10-15(25)6-8-21(14,2)20(16)18(26)11-22(17,23)3/h10,16-20,26-28H,4-9,11-12H2,1-3H3/t16-,17-,18+,19+,20+,21+,22-,23-/m1/s1. The molecule has 0 aromatic carbocycles. The summed E-state index contributed by atoms with van der Waals surface area (Å²) in [6, 6.07) is 0. The van der Waals surface area contributed by atoms with Gasteiger partial charge in [-0.25, -0.2) is 0 Å². The highest BCUT2D eigenvalue weighted by Gasteiger charge is 2.68. The van der Waals surface area contributed by atoms with Crippen molar-refractivity contribution in [2.45, 2.75) is 83.5 Å². The SMILES string of the molecule is CC(=O)OC[C@H](O)[C@]1(O)CC[C@@H]2[C@H]3CCC4=CC(=O)CC[C@]4(C)[C@@H]3[C@@H](O)C[C@]21C. The van der Waals surface area contributed by atoms with Gasteiger partial charge in [-0.3, -0.25) is 9.59 Å². The van der Waals surface area contributed by atoms with Crippen LogP contribution in [0.15, 0.2) is 11.6 Å². The molecule has 162 valence electrons. The largest absolute Gasteiger partial charge is 0.463 e. The number of aliphatic hydroxyl groups excluding tert-OH is 2. The highest BCUT2D eigenvalue weighted by Crippen LogP contribution is 2.68. The summed E-state index contributed by atoms with van der Waals surface area (Å²) in [7, 11) is 0. The van der Waals surface area contributed by atoms with Crippen molar-refractivity contribution in [2.75, 3.05) is 6.61 Å². The van der Waals surface area contributed by atoms with E-state index in [1.54, 1.807) is 0 Å². The first-order chi connectivity index (χ1) is 13.5. The monoisotopic (exact) mass is 406 g/mol. The second-order valence-electron chi connectivity index (χ2n) is 10.4. The normalized spacial score (nSPS) is 47.5. The van der Waals surface area contributed by atoms with Gasteiger partial charge in [0.05, 0.1) is 11.7 Å². The van der Waals surface area contributed by atoms with E-state index in [-0.39, 0.29) is 35.6 Å². The Kier molecular flexibility index (Phi) is 4.99. The minimum Gasteiger partial charge on any atom is -0.463 e. The van der Waals surface area contributed by atoms with Gasteiger partial charge in [0.25, 0.3) is 0 Å². The fraction of sp³-hybridized carbons (Fsp3) is 0.826. The Balaban J connectivity index is 1.65. The number of esters is 1. The van der Waals surface area contributed by atoms with Crippen molar-refractivity contribution in [3.8, 4) is 0 Å². The van der Waals surface area contributed by atoms with Crippen molar-refractivity contribution >= 4 is 11.8 Å². The van der Waals surface area contributed by atoms with Gasteiger partial charge in [-0.15, -0.1) is 0 Å². The van der Waals surface area contributed by atoms with Crippen molar-refractivity contribution in [2.24, 2.45) is 28.6 Å². The Bertz CT molecular complexity index is 746. The molecule has 6 nitrogen and oxygen atoms in total. The number of hydrogen-bond acceptors (Lipinski definition) is 6. The van der Waals surface area contributed by atoms with Gasteiger partial charge in [-0.05, 0) is 67.8 Å². The molecule has 0 aliphatic heterocycles. The van der Waals surface area contributed by atoms with Gasteiger partial charge >= 0.3 is 5.97 Å². The Morgan fingerprint density at radius 2 is 2.00 bits per heavy atom. The fourth-order valence-corrected chi connectivity index (χ4v) is 7.61. The molecular weight excluding hydrogens is 372 g/mol. The zero-order valence-electron chi connectivity index (χ0n) is 17.7. The molecule has 3 N–H and O–H groups in total. The van der Waals surface area contributed by atoms with Crippen LogP contribution in [-0.4, -0.2) is 51.5 Å². The molecule has 29 heavy (non-hydrogen) atoms. The summed E-state index contributed by atoms with van der Waals surface area (Å²) >= 11 is 0. The van der Waals surface area contributed by atoms with E-state index in [1.807, 2.05) is 13.0 Å². The third-order valence-corrected chi connectivity index (χ3v) is 9.11. The van der Waals surface area contributed by atoms with Crippen molar-refractivity contribution in [1.82, 2.24) is 0 Å². The van der Waals surface area contributed by atoms with Gasteiger partial charge in [0.1, 0.15) is 12.7 Å².